The SMILES string of the molecule is O=c1c(=O)c2ncnc3c2-c2c1ncnc2c(=O)c3=O. The van der Waals surface area contributed by atoms with Gasteiger partial charge in [0.15, 0.2) is 0 Å². The lowest BCUT2D eigenvalue weighted by Gasteiger charge is -2.10. The quantitative estimate of drug-likeness (QED) is 0.276. The second kappa shape index (κ2) is 3.23. The molecule has 20 heavy (non-hydrogen) atoms. The number of hydrogen-bond acceptors (Lipinski definition) is 8. The number of aromatic nitrogens is 4. The van der Waals surface area contributed by atoms with E-state index in [0.29, 0.717) is 0 Å². The van der Waals surface area contributed by atoms with Gasteiger partial charge in [0.05, 0.1) is 0 Å². The van der Waals surface area contributed by atoms with Crippen LogP contribution in [0, 0.1) is 0 Å². The normalized spacial score (nSPS) is 11.8. The van der Waals surface area contributed by atoms with Gasteiger partial charge < -0.3 is 0 Å². The summed E-state index contributed by atoms with van der Waals surface area (Å²) in [6, 6.07) is 0. The maximum atomic E-state index is 12.0. The summed E-state index contributed by atoms with van der Waals surface area (Å²) in [6.07, 6.45) is 1.95. The van der Waals surface area contributed by atoms with Gasteiger partial charge in [0, 0.05) is 11.1 Å². The second-order valence-electron chi connectivity index (χ2n) is 4.21. The molecule has 0 spiro atoms. The summed E-state index contributed by atoms with van der Waals surface area (Å²) in [7, 11) is 0. The Bertz CT molecular complexity index is 997. The predicted molar refractivity (Wildman–Crippen MR) is 67.9 cm³/mol. The first-order valence-corrected chi connectivity index (χ1v) is 5.49. The summed E-state index contributed by atoms with van der Waals surface area (Å²) in [6.45, 7) is 0. The first-order chi connectivity index (χ1) is 9.61. The Morgan fingerprint density at radius 3 is 1.00 bits per heavy atom. The molecule has 0 atom stereocenters. The van der Waals surface area contributed by atoms with Gasteiger partial charge in [-0.05, 0) is 0 Å². The average Bonchev–Trinajstić information content (AvgIpc) is 2.48. The van der Waals surface area contributed by atoms with E-state index >= 15 is 0 Å². The van der Waals surface area contributed by atoms with E-state index in [-0.39, 0.29) is 33.2 Å². The molecule has 2 heterocycles. The number of hydrogen-bond donors (Lipinski definition) is 0. The van der Waals surface area contributed by atoms with Gasteiger partial charge in [-0.15, -0.1) is 0 Å². The van der Waals surface area contributed by atoms with E-state index in [0.717, 1.165) is 12.7 Å². The Morgan fingerprint density at radius 2 is 0.750 bits per heavy atom. The zero-order valence-corrected chi connectivity index (χ0v) is 9.58. The zero-order chi connectivity index (χ0) is 14.0. The summed E-state index contributed by atoms with van der Waals surface area (Å²) in [4.78, 5) is 62.8. The summed E-state index contributed by atoms with van der Waals surface area (Å²) >= 11 is 0. The lowest BCUT2D eigenvalue weighted by atomic mass is 9.96. The third-order valence-electron chi connectivity index (χ3n) is 3.22. The fourth-order valence-corrected chi connectivity index (χ4v) is 2.36. The smallest absolute Gasteiger partial charge is 0.254 e. The molecule has 2 aromatic heterocycles. The Morgan fingerprint density at radius 1 is 0.500 bits per heavy atom. The van der Waals surface area contributed by atoms with Crippen LogP contribution in [0.3, 0.4) is 0 Å². The van der Waals surface area contributed by atoms with Crippen LogP contribution in [0.5, 0.6) is 0 Å². The van der Waals surface area contributed by atoms with E-state index in [4.69, 9.17) is 0 Å². The van der Waals surface area contributed by atoms with Crippen LogP contribution in [0.4, 0.5) is 0 Å². The molecular formula is C12H2N4O4. The summed E-state index contributed by atoms with van der Waals surface area (Å²) in [5.74, 6) is 0. The van der Waals surface area contributed by atoms with E-state index in [2.05, 4.69) is 19.9 Å². The Kier molecular flexibility index (Phi) is 1.74. The molecule has 0 bridgehead atoms. The third-order valence-corrected chi connectivity index (χ3v) is 3.22. The van der Waals surface area contributed by atoms with Crippen LogP contribution in [0.1, 0.15) is 0 Å². The number of nitrogens with zero attached hydrogens (tertiary/aromatic N) is 4. The molecular weight excluding hydrogens is 264 g/mol. The monoisotopic (exact) mass is 266 g/mol. The zero-order valence-electron chi connectivity index (χ0n) is 9.58. The molecule has 2 aliphatic carbocycles. The van der Waals surface area contributed by atoms with Crippen LogP contribution in [-0.4, -0.2) is 19.9 Å². The molecule has 0 N–H and O–H groups in total. The van der Waals surface area contributed by atoms with Crippen LogP contribution >= 0.6 is 0 Å². The molecule has 8 nitrogen and oxygen atoms in total. The van der Waals surface area contributed by atoms with E-state index in [9.17, 15) is 19.2 Å². The van der Waals surface area contributed by atoms with Gasteiger partial charge in [-0.2, -0.15) is 0 Å². The fraction of sp³-hybridized carbons (Fsp3) is 0. The molecule has 0 radical (unpaired) electrons. The molecule has 2 aromatic rings. The number of benzene rings is 2. The van der Waals surface area contributed by atoms with Gasteiger partial charge >= 0.3 is 0 Å². The molecule has 8 heteroatoms. The minimum absolute atomic E-state index is 0.0762. The molecule has 0 unspecified atom stereocenters. The molecule has 0 aromatic carbocycles. The van der Waals surface area contributed by atoms with Gasteiger partial charge in [-0.1, -0.05) is 0 Å². The van der Waals surface area contributed by atoms with Crippen LogP contribution in [0.15, 0.2) is 31.8 Å². The first-order valence-electron chi connectivity index (χ1n) is 5.49. The van der Waals surface area contributed by atoms with Crippen LogP contribution < -0.4 is 21.7 Å². The molecule has 2 aliphatic rings. The summed E-state index contributed by atoms with van der Waals surface area (Å²) in [5, 5.41) is 0. The van der Waals surface area contributed by atoms with Crippen LogP contribution in [0.2, 0.25) is 0 Å². The molecule has 0 saturated heterocycles. The molecule has 94 valence electrons. The Hall–Kier alpha value is -3.16. The topological polar surface area (TPSA) is 120 Å². The maximum absolute atomic E-state index is 12.0. The van der Waals surface area contributed by atoms with Crippen LogP contribution in [-0.2, 0) is 0 Å². The van der Waals surface area contributed by atoms with Crippen molar-refractivity contribution >= 4 is 22.1 Å². The van der Waals surface area contributed by atoms with E-state index < -0.39 is 21.7 Å². The molecule has 0 fully saturated rings. The van der Waals surface area contributed by atoms with Crippen LogP contribution in [0.25, 0.3) is 33.2 Å². The van der Waals surface area contributed by atoms with E-state index in [1.165, 1.54) is 0 Å². The van der Waals surface area contributed by atoms with Crippen molar-refractivity contribution in [3.05, 3.63) is 53.5 Å². The highest BCUT2D eigenvalue weighted by Crippen LogP contribution is 2.29. The summed E-state index contributed by atoms with van der Waals surface area (Å²) < 4.78 is 0. The lowest BCUT2D eigenvalue weighted by molar-refractivity contribution is 1.18. The molecule has 0 aliphatic heterocycles. The standard InChI is InChI=1S/C12H2N4O4/c17-9-5-3-4-7(11(9)19)15-2-16-8(4)12(20)10(18)6(3)14-1-13-5/h1-2H. The third kappa shape index (κ3) is 1.02. The van der Waals surface area contributed by atoms with E-state index in [1.54, 1.807) is 0 Å². The fourth-order valence-electron chi connectivity index (χ4n) is 2.36. The van der Waals surface area contributed by atoms with Crippen molar-refractivity contribution in [1.82, 2.24) is 19.9 Å². The highest BCUT2D eigenvalue weighted by molar-refractivity contribution is 6.06. The second-order valence-corrected chi connectivity index (χ2v) is 4.21. The van der Waals surface area contributed by atoms with Crippen molar-refractivity contribution < 1.29 is 0 Å². The first kappa shape index (κ1) is 10.7. The van der Waals surface area contributed by atoms with Gasteiger partial charge in [0.2, 0.25) is 0 Å². The molecule has 4 rings (SSSR count). The van der Waals surface area contributed by atoms with Gasteiger partial charge in [-0.3, -0.25) is 19.2 Å². The van der Waals surface area contributed by atoms with Crippen molar-refractivity contribution in [1.29, 1.82) is 0 Å². The maximum Gasteiger partial charge on any atom is 0.254 e. The largest absolute Gasteiger partial charge is 0.283 e. The minimum atomic E-state index is -0.872. The Balaban J connectivity index is 2.65. The minimum Gasteiger partial charge on any atom is -0.283 e. The van der Waals surface area contributed by atoms with Crippen molar-refractivity contribution in [2.75, 3.05) is 0 Å². The van der Waals surface area contributed by atoms with Gasteiger partial charge in [0.25, 0.3) is 21.7 Å². The lowest BCUT2D eigenvalue weighted by Crippen LogP contribution is -2.33. The average molecular weight is 266 g/mol. The van der Waals surface area contributed by atoms with Crippen molar-refractivity contribution in [2.45, 2.75) is 0 Å². The Labute approximate surface area is 107 Å². The highest BCUT2D eigenvalue weighted by atomic mass is 16.2. The van der Waals surface area contributed by atoms with E-state index in [1.807, 2.05) is 0 Å². The molecule has 0 saturated carbocycles. The van der Waals surface area contributed by atoms with Crippen molar-refractivity contribution in [3.8, 4) is 11.1 Å². The highest BCUT2D eigenvalue weighted by Gasteiger charge is 2.27. The number of rotatable bonds is 0. The van der Waals surface area contributed by atoms with Gasteiger partial charge in [0.1, 0.15) is 34.7 Å². The van der Waals surface area contributed by atoms with Gasteiger partial charge in [-0.25, -0.2) is 19.9 Å². The summed E-state index contributed by atoms with van der Waals surface area (Å²) in [5.41, 5.74) is -4.10. The predicted octanol–water partition coefficient (Wildman–Crippen LogP) is -1.57. The molecule has 0 amide bonds. The van der Waals surface area contributed by atoms with Crippen molar-refractivity contribution in [3.63, 3.8) is 0 Å². The van der Waals surface area contributed by atoms with Crippen molar-refractivity contribution in [2.24, 2.45) is 0 Å².